The van der Waals surface area contributed by atoms with Crippen LogP contribution in [0.15, 0.2) is 18.2 Å². The Kier molecular flexibility index (Phi) is 5.23. The third-order valence-electron chi connectivity index (χ3n) is 5.33. The van der Waals surface area contributed by atoms with Crippen LogP contribution in [0.1, 0.15) is 51.1 Å². The van der Waals surface area contributed by atoms with Crippen LogP contribution in [-0.2, 0) is 4.79 Å². The van der Waals surface area contributed by atoms with Crippen molar-refractivity contribution in [1.29, 1.82) is 0 Å². The van der Waals surface area contributed by atoms with Gasteiger partial charge in [0.25, 0.3) is 0 Å². The number of methoxy groups -OCH3 is 1. The summed E-state index contributed by atoms with van der Waals surface area (Å²) in [6.07, 6.45) is 3.61. The fourth-order valence-electron chi connectivity index (χ4n) is 3.87. The maximum Gasteiger partial charge on any atom is 0.220 e. The van der Waals surface area contributed by atoms with Crippen molar-refractivity contribution in [2.75, 3.05) is 27.2 Å². The van der Waals surface area contributed by atoms with E-state index in [0.717, 1.165) is 49.4 Å². The van der Waals surface area contributed by atoms with Gasteiger partial charge in [-0.2, -0.15) is 0 Å². The molecule has 1 unspecified atom stereocenters. The van der Waals surface area contributed by atoms with Gasteiger partial charge >= 0.3 is 0 Å². The van der Waals surface area contributed by atoms with Gasteiger partial charge in [-0.1, -0.05) is 0 Å². The zero-order valence-electron chi connectivity index (χ0n) is 15.8. The van der Waals surface area contributed by atoms with E-state index >= 15 is 0 Å². The molecule has 2 aliphatic rings. The van der Waals surface area contributed by atoms with Crippen LogP contribution >= 0.6 is 0 Å². The van der Waals surface area contributed by atoms with Crippen molar-refractivity contribution in [2.45, 2.75) is 51.2 Å². The minimum atomic E-state index is -0.315. The van der Waals surface area contributed by atoms with Gasteiger partial charge in [0.15, 0.2) is 0 Å². The first kappa shape index (κ1) is 18.1. The van der Waals surface area contributed by atoms with Crippen LogP contribution in [0, 0.1) is 5.92 Å². The second kappa shape index (κ2) is 7.24. The number of nitrogens with one attached hydrogen (secondary N) is 1. The van der Waals surface area contributed by atoms with Gasteiger partial charge in [-0.05, 0) is 64.9 Å². The van der Waals surface area contributed by atoms with Crippen LogP contribution in [0.3, 0.4) is 0 Å². The highest BCUT2D eigenvalue weighted by Crippen LogP contribution is 2.41. The van der Waals surface area contributed by atoms with E-state index in [1.807, 2.05) is 18.2 Å². The lowest BCUT2D eigenvalue weighted by Gasteiger charge is -2.38. The van der Waals surface area contributed by atoms with E-state index in [2.05, 4.69) is 31.1 Å². The third-order valence-corrected chi connectivity index (χ3v) is 5.33. The molecule has 0 bridgehead atoms. The largest absolute Gasteiger partial charge is 0.497 e. The summed E-state index contributed by atoms with van der Waals surface area (Å²) in [6, 6.07) is 5.83. The number of amides is 1. The molecule has 1 fully saturated rings. The highest BCUT2D eigenvalue weighted by Gasteiger charge is 2.35. The fraction of sp³-hybridized carbons (Fsp3) is 0.650. The number of piperidine rings is 1. The first-order chi connectivity index (χ1) is 11.9. The molecule has 5 heteroatoms. The first-order valence-electron chi connectivity index (χ1n) is 9.21. The lowest BCUT2D eigenvalue weighted by Crippen LogP contribution is -2.42. The van der Waals surface area contributed by atoms with Crippen molar-refractivity contribution in [3.63, 3.8) is 0 Å². The summed E-state index contributed by atoms with van der Waals surface area (Å²) < 4.78 is 11.4. The normalized spacial score (nSPS) is 23.4. The second-order valence-corrected chi connectivity index (χ2v) is 8.04. The molecule has 1 aromatic carbocycles. The van der Waals surface area contributed by atoms with Crippen molar-refractivity contribution >= 4 is 5.91 Å². The molecule has 0 saturated carbocycles. The molecule has 1 N–H and O–H groups in total. The Labute approximate surface area is 150 Å². The summed E-state index contributed by atoms with van der Waals surface area (Å²) in [5.41, 5.74) is 0.724. The van der Waals surface area contributed by atoms with Crippen molar-refractivity contribution < 1.29 is 14.3 Å². The number of fused-ring (bicyclic) bond motifs is 1. The molecule has 0 radical (unpaired) electrons. The van der Waals surface area contributed by atoms with Crippen LogP contribution in [0.4, 0.5) is 0 Å². The highest BCUT2D eigenvalue weighted by atomic mass is 16.5. The monoisotopic (exact) mass is 346 g/mol. The number of benzene rings is 1. The highest BCUT2D eigenvalue weighted by molar-refractivity contribution is 5.77. The molecule has 5 nitrogen and oxygen atoms in total. The van der Waals surface area contributed by atoms with Gasteiger partial charge in [-0.3, -0.25) is 4.79 Å². The second-order valence-electron chi connectivity index (χ2n) is 8.04. The minimum absolute atomic E-state index is 0.0107. The standard InChI is InChI=1S/C20H30N2O3/c1-20(2)13-17(16-6-5-15(24-4)12-18(16)25-20)21-19(23)11-14-7-9-22(3)10-8-14/h5-6,12,14,17H,7-11,13H2,1-4H3,(H,21,23). The van der Waals surface area contributed by atoms with Gasteiger partial charge in [-0.15, -0.1) is 0 Å². The molecule has 0 aliphatic carbocycles. The molecule has 1 saturated heterocycles. The molecule has 3 rings (SSSR count). The summed E-state index contributed by atoms with van der Waals surface area (Å²) in [5.74, 6) is 2.23. The molecule has 25 heavy (non-hydrogen) atoms. The molecule has 0 spiro atoms. The molecule has 2 heterocycles. The minimum Gasteiger partial charge on any atom is -0.497 e. The zero-order valence-corrected chi connectivity index (χ0v) is 15.8. The van der Waals surface area contributed by atoms with Crippen LogP contribution in [0.2, 0.25) is 0 Å². The third kappa shape index (κ3) is 4.46. The van der Waals surface area contributed by atoms with Gasteiger partial charge in [0, 0.05) is 24.5 Å². The predicted octanol–water partition coefficient (Wildman–Crippen LogP) is 3.15. The molecule has 2 aliphatic heterocycles. The SMILES string of the molecule is COc1ccc2c(c1)OC(C)(C)CC2NC(=O)CC1CCN(C)CC1. The van der Waals surface area contributed by atoms with E-state index in [9.17, 15) is 4.79 Å². The Morgan fingerprint density at radius 2 is 2.08 bits per heavy atom. The Morgan fingerprint density at radius 1 is 1.36 bits per heavy atom. The number of carbonyl (C=O) groups excluding carboxylic acids is 1. The summed E-state index contributed by atoms with van der Waals surface area (Å²) in [4.78, 5) is 14.9. The van der Waals surface area contributed by atoms with Gasteiger partial charge in [0.2, 0.25) is 5.91 Å². The van der Waals surface area contributed by atoms with Crippen molar-refractivity contribution in [3.05, 3.63) is 23.8 Å². The van der Waals surface area contributed by atoms with Crippen LogP contribution in [0.25, 0.3) is 0 Å². The van der Waals surface area contributed by atoms with Gasteiger partial charge in [0.1, 0.15) is 17.1 Å². The maximum absolute atomic E-state index is 12.6. The fourth-order valence-corrected chi connectivity index (χ4v) is 3.87. The van der Waals surface area contributed by atoms with Crippen LogP contribution in [0.5, 0.6) is 11.5 Å². The summed E-state index contributed by atoms with van der Waals surface area (Å²) >= 11 is 0. The summed E-state index contributed by atoms with van der Waals surface area (Å²) in [6.45, 7) is 6.30. The maximum atomic E-state index is 12.6. The van der Waals surface area contributed by atoms with Gasteiger partial charge in [-0.25, -0.2) is 0 Å². The predicted molar refractivity (Wildman–Crippen MR) is 98.0 cm³/mol. The Balaban J connectivity index is 1.68. The summed E-state index contributed by atoms with van der Waals surface area (Å²) in [7, 11) is 3.79. The number of carbonyl (C=O) groups is 1. The average molecular weight is 346 g/mol. The quantitative estimate of drug-likeness (QED) is 0.910. The van der Waals surface area contributed by atoms with E-state index < -0.39 is 0 Å². The lowest BCUT2D eigenvalue weighted by molar-refractivity contribution is -0.123. The van der Waals surface area contributed by atoms with Crippen LogP contribution in [-0.4, -0.2) is 43.7 Å². The molecule has 1 atom stereocenters. The van der Waals surface area contributed by atoms with E-state index in [1.165, 1.54) is 0 Å². The number of hydrogen-bond acceptors (Lipinski definition) is 4. The number of likely N-dealkylation sites (tertiary alicyclic amines) is 1. The lowest BCUT2D eigenvalue weighted by atomic mass is 9.88. The number of nitrogens with zero attached hydrogens (tertiary/aromatic N) is 1. The Hall–Kier alpha value is -1.75. The Bertz CT molecular complexity index is 621. The van der Waals surface area contributed by atoms with Gasteiger partial charge < -0.3 is 19.7 Å². The topological polar surface area (TPSA) is 50.8 Å². The molecule has 138 valence electrons. The summed E-state index contributed by atoms with van der Waals surface area (Å²) in [5, 5.41) is 3.25. The van der Waals surface area contributed by atoms with E-state index in [4.69, 9.17) is 9.47 Å². The number of hydrogen-bond donors (Lipinski definition) is 1. The number of rotatable bonds is 4. The molecule has 1 aromatic rings. The molecular formula is C20H30N2O3. The van der Waals surface area contributed by atoms with E-state index in [-0.39, 0.29) is 17.6 Å². The van der Waals surface area contributed by atoms with E-state index in [1.54, 1.807) is 7.11 Å². The average Bonchev–Trinajstić information content (AvgIpc) is 2.55. The van der Waals surface area contributed by atoms with Crippen molar-refractivity contribution in [3.8, 4) is 11.5 Å². The number of ether oxygens (including phenoxy) is 2. The Morgan fingerprint density at radius 3 is 2.76 bits per heavy atom. The van der Waals surface area contributed by atoms with E-state index in [0.29, 0.717) is 12.3 Å². The smallest absolute Gasteiger partial charge is 0.220 e. The molecule has 1 amide bonds. The molecule has 0 aromatic heterocycles. The van der Waals surface area contributed by atoms with Crippen LogP contribution < -0.4 is 14.8 Å². The van der Waals surface area contributed by atoms with Crippen molar-refractivity contribution in [1.82, 2.24) is 10.2 Å². The first-order valence-corrected chi connectivity index (χ1v) is 9.21. The van der Waals surface area contributed by atoms with Gasteiger partial charge in [0.05, 0.1) is 13.2 Å². The van der Waals surface area contributed by atoms with Crippen molar-refractivity contribution in [2.24, 2.45) is 5.92 Å². The zero-order chi connectivity index (χ0) is 18.0. The molecular weight excluding hydrogens is 316 g/mol.